The number of amides is 1. The number of aryl methyl sites for hydroxylation is 1. The molecule has 46 heavy (non-hydrogen) atoms. The smallest absolute Gasteiger partial charge is 0.254 e. The van der Waals surface area contributed by atoms with E-state index < -0.39 is 22.1 Å². The van der Waals surface area contributed by atoms with Gasteiger partial charge in [-0.2, -0.15) is 10.6 Å². The van der Waals surface area contributed by atoms with Crippen molar-refractivity contribution < 1.29 is 18.8 Å². The van der Waals surface area contributed by atoms with Gasteiger partial charge in [0, 0.05) is 35.0 Å². The normalized spacial score (nSPS) is 33.2. The summed E-state index contributed by atoms with van der Waals surface area (Å²) in [5, 5.41) is 13.4. The van der Waals surface area contributed by atoms with E-state index in [9.17, 15) is 14.1 Å². The number of carbonyl (C=O) groups excluding carboxylic acids is 1. The second-order valence-electron chi connectivity index (χ2n) is 13.8. The first kappa shape index (κ1) is 32.6. The number of allylic oxidation sites excluding steroid dienone is 1. The molecule has 2 aliphatic carbocycles. The fourth-order valence-corrected chi connectivity index (χ4v) is 12.6. The Labute approximate surface area is 288 Å². The van der Waals surface area contributed by atoms with Crippen LogP contribution < -0.4 is 9.64 Å². The Balaban J connectivity index is 1.34. The van der Waals surface area contributed by atoms with Gasteiger partial charge in [0.1, 0.15) is 11.4 Å². The van der Waals surface area contributed by atoms with Crippen molar-refractivity contribution in [2.75, 3.05) is 41.9 Å². The van der Waals surface area contributed by atoms with Crippen LogP contribution in [0.4, 0.5) is 5.69 Å². The van der Waals surface area contributed by atoms with Gasteiger partial charge in [0.25, 0.3) is 5.91 Å². The van der Waals surface area contributed by atoms with Crippen LogP contribution in [-0.4, -0.2) is 58.2 Å². The van der Waals surface area contributed by atoms with Crippen LogP contribution in [0.15, 0.2) is 65.1 Å². The van der Waals surface area contributed by atoms with Crippen LogP contribution in [0, 0.1) is 17.8 Å². The third-order valence-electron chi connectivity index (χ3n) is 10.4. The number of thioether (sulfide) groups is 2. The molecule has 1 amide bonds. The van der Waals surface area contributed by atoms with E-state index in [0.29, 0.717) is 31.7 Å². The summed E-state index contributed by atoms with van der Waals surface area (Å²) in [6.07, 6.45) is 9.74. The summed E-state index contributed by atoms with van der Waals surface area (Å²) in [6.45, 7) is 8.43. The van der Waals surface area contributed by atoms with Gasteiger partial charge in [0.15, 0.2) is 0 Å². The number of aliphatic hydroxyl groups is 1. The minimum atomic E-state index is -1.65. The van der Waals surface area contributed by atoms with Crippen LogP contribution in [0.3, 0.4) is 0 Å². The number of rotatable bonds is 1. The quantitative estimate of drug-likeness (QED) is 0.241. The van der Waals surface area contributed by atoms with Crippen molar-refractivity contribution in [3.05, 3.63) is 82.4 Å². The van der Waals surface area contributed by atoms with Gasteiger partial charge in [-0.3, -0.25) is 4.79 Å². The zero-order valence-electron chi connectivity index (χ0n) is 26.3. The van der Waals surface area contributed by atoms with Crippen molar-refractivity contribution in [1.29, 1.82) is 0 Å². The number of ether oxygens (including phenoxy) is 1. The van der Waals surface area contributed by atoms with Gasteiger partial charge < -0.3 is 23.3 Å². The molecule has 2 bridgehead atoms. The molecule has 1 saturated carbocycles. The lowest BCUT2D eigenvalue weighted by atomic mass is 9.61. The maximum Gasteiger partial charge on any atom is 0.254 e. The fourth-order valence-electron chi connectivity index (χ4n) is 8.23. The Morgan fingerprint density at radius 1 is 1.17 bits per heavy atom. The van der Waals surface area contributed by atoms with E-state index in [0.717, 1.165) is 65.6 Å². The third kappa shape index (κ3) is 6.20. The van der Waals surface area contributed by atoms with E-state index >= 15 is 0 Å². The average molecular weight is 698 g/mol. The molecule has 0 radical (unpaired) electrons. The van der Waals surface area contributed by atoms with Crippen molar-refractivity contribution in [3.63, 3.8) is 0 Å². The van der Waals surface area contributed by atoms with Crippen molar-refractivity contribution in [2.24, 2.45) is 22.1 Å². The van der Waals surface area contributed by atoms with E-state index in [-0.39, 0.29) is 33.5 Å². The zero-order valence-corrected chi connectivity index (χ0v) is 29.5. The molecular formula is C36H42ClN2O4S3-. The molecule has 246 valence electrons. The first-order valence-corrected chi connectivity index (χ1v) is 20.2. The Morgan fingerprint density at radius 2 is 2.00 bits per heavy atom. The Bertz CT molecular complexity index is 1650. The molecule has 0 aromatic heterocycles. The first-order valence-electron chi connectivity index (χ1n) is 16.4. The number of anilines is 1. The maximum absolute atomic E-state index is 13.3. The molecule has 1 unspecified atom stereocenters. The van der Waals surface area contributed by atoms with Crippen LogP contribution >= 0.6 is 35.1 Å². The lowest BCUT2D eigenvalue weighted by Crippen LogP contribution is -2.56. The molecule has 3 aliphatic heterocycles. The number of benzene rings is 2. The van der Waals surface area contributed by atoms with Crippen LogP contribution in [0.5, 0.6) is 5.75 Å². The van der Waals surface area contributed by atoms with Crippen molar-refractivity contribution >= 4 is 57.3 Å². The minimum absolute atomic E-state index is 0.0191. The molecule has 1 N–H and O–H groups in total. The molecule has 2 aromatic rings. The monoisotopic (exact) mass is 697 g/mol. The number of nitrogens with zero attached hydrogens (tertiary/aromatic N) is 2. The lowest BCUT2D eigenvalue weighted by Gasteiger charge is -2.53. The van der Waals surface area contributed by atoms with Gasteiger partial charge in [-0.05, 0) is 97.4 Å². The molecule has 5 aliphatic rings. The predicted molar refractivity (Wildman–Crippen MR) is 192 cm³/mol. The molecule has 2 aromatic carbocycles. The highest BCUT2D eigenvalue weighted by Gasteiger charge is 2.53. The number of carbonyl (C=O) groups is 1. The Hall–Kier alpha value is -1.91. The molecule has 1 spiro atoms. The summed E-state index contributed by atoms with van der Waals surface area (Å²) in [5.41, 5.74) is 3.60. The van der Waals surface area contributed by atoms with Crippen LogP contribution in [-0.2, 0) is 26.6 Å². The fraction of sp³-hybridized carbons (Fsp3) is 0.528. The van der Waals surface area contributed by atoms with Gasteiger partial charge in [0.2, 0.25) is 0 Å². The summed E-state index contributed by atoms with van der Waals surface area (Å²) in [4.78, 5) is 15.7. The summed E-state index contributed by atoms with van der Waals surface area (Å²) in [5.74, 6) is 2.73. The lowest BCUT2D eigenvalue weighted by molar-refractivity contribution is 0.00530. The number of halogens is 1. The van der Waals surface area contributed by atoms with E-state index in [1.165, 1.54) is 11.1 Å². The summed E-state index contributed by atoms with van der Waals surface area (Å²) >= 11 is 10.2. The Kier molecular flexibility index (Phi) is 9.35. The van der Waals surface area contributed by atoms with Crippen LogP contribution in [0.25, 0.3) is 0 Å². The zero-order chi connectivity index (χ0) is 32.1. The van der Waals surface area contributed by atoms with E-state index in [1.54, 1.807) is 6.07 Å². The largest absolute Gasteiger partial charge is 0.490 e. The highest BCUT2D eigenvalue weighted by Crippen LogP contribution is 2.54. The van der Waals surface area contributed by atoms with E-state index in [2.05, 4.69) is 34.1 Å². The molecule has 10 heteroatoms. The number of fused-ring (bicyclic) bond motifs is 4. The van der Waals surface area contributed by atoms with Crippen molar-refractivity contribution in [1.82, 2.24) is 0 Å². The van der Waals surface area contributed by atoms with E-state index in [1.807, 2.05) is 54.7 Å². The van der Waals surface area contributed by atoms with Gasteiger partial charge in [0.05, 0.1) is 16.9 Å². The summed E-state index contributed by atoms with van der Waals surface area (Å²) in [7, 11) is -1.65. The summed E-state index contributed by atoms with van der Waals surface area (Å²) in [6, 6.07) is 11.7. The van der Waals surface area contributed by atoms with Gasteiger partial charge >= 0.3 is 0 Å². The summed E-state index contributed by atoms with van der Waals surface area (Å²) < 4.78 is 23.8. The SMILES string of the molecule is C=C1C[C@H]2CN3C[C@@]4(CCCc5cc(Cl)ccc54)COc4ccc(cc43)C(=O)N=[S-](=O)C[C@@H](C)C/C=C/C(O)(C3SCCCS3)[C@H]12. The third-order valence-corrected chi connectivity index (χ3v) is 15.1. The highest BCUT2D eigenvalue weighted by molar-refractivity contribution is 8.17. The molecule has 6 nitrogen and oxygen atoms in total. The topological polar surface area (TPSA) is 79.2 Å². The number of hydrogen-bond donors (Lipinski definition) is 1. The maximum atomic E-state index is 13.3. The van der Waals surface area contributed by atoms with E-state index in [4.69, 9.17) is 16.3 Å². The van der Waals surface area contributed by atoms with Gasteiger partial charge in [-0.15, -0.1) is 23.5 Å². The van der Waals surface area contributed by atoms with Crippen LogP contribution in [0.1, 0.15) is 60.5 Å². The average Bonchev–Trinajstić information content (AvgIpc) is 3.17. The second-order valence-corrected chi connectivity index (χ2v) is 18.1. The molecular weight excluding hydrogens is 656 g/mol. The van der Waals surface area contributed by atoms with Gasteiger partial charge in [-0.1, -0.05) is 60.6 Å². The van der Waals surface area contributed by atoms with Crippen molar-refractivity contribution in [3.8, 4) is 5.75 Å². The van der Waals surface area contributed by atoms with Crippen molar-refractivity contribution in [2.45, 2.75) is 61.0 Å². The molecule has 7 rings (SSSR count). The molecule has 3 heterocycles. The predicted octanol–water partition coefficient (Wildman–Crippen LogP) is 7.82. The Morgan fingerprint density at radius 3 is 2.80 bits per heavy atom. The van der Waals surface area contributed by atoms with Gasteiger partial charge in [-0.25, -0.2) is 0 Å². The second kappa shape index (κ2) is 13.2. The first-order chi connectivity index (χ1) is 22.1. The number of hydrogen-bond acceptors (Lipinski definition) is 8. The highest BCUT2D eigenvalue weighted by atomic mass is 35.5. The minimum Gasteiger partial charge on any atom is -0.490 e. The molecule has 5 atom stereocenters. The molecule has 1 saturated heterocycles. The standard InChI is InChI=1S/C36H42ClN2O4S3/c1-23-6-3-13-36(41,34-44-14-5-15-45-34)32-24(2)16-27(32)19-39-21-35(12-4-7-25-17-28(37)9-10-29(25)35)22-43-31-11-8-26(18-30(31)39)33(40)38-46(42)20-23/h3,8-11,13,17-18,23,27,32,34,41H,2,4-7,12,14-16,19-22H2,1H3/q-1/b13-3+/t23-,27-,32+,35-,36?/m0/s1. The van der Waals surface area contributed by atoms with Crippen LogP contribution in [0.2, 0.25) is 5.02 Å². The molecule has 2 fully saturated rings.